The summed E-state index contributed by atoms with van der Waals surface area (Å²) in [5, 5.41) is 3.48. The Hall–Kier alpha value is -1.65. The van der Waals surface area contributed by atoms with Gasteiger partial charge in [0.15, 0.2) is 0 Å². The molecule has 2 atom stereocenters. The number of nitrogens with one attached hydrogen (secondary N) is 1. The first kappa shape index (κ1) is 14.3. The van der Waals surface area contributed by atoms with Crippen molar-refractivity contribution in [2.24, 2.45) is 0 Å². The number of thiophene rings is 1. The van der Waals surface area contributed by atoms with Gasteiger partial charge < -0.3 is 4.90 Å². The number of nitrogens with zero attached hydrogens (tertiary/aromatic N) is 1. The molecule has 0 aliphatic carbocycles. The van der Waals surface area contributed by atoms with E-state index in [0.29, 0.717) is 0 Å². The summed E-state index contributed by atoms with van der Waals surface area (Å²) in [7, 11) is 1.88. The molecule has 2 aromatic rings. The first-order chi connectivity index (χ1) is 10.0. The molecule has 1 aromatic heterocycles. The molecule has 3 nitrogen and oxygen atoms in total. The first-order valence-corrected chi connectivity index (χ1v) is 8.07. The van der Waals surface area contributed by atoms with Gasteiger partial charge in [0.05, 0.1) is 5.54 Å². The lowest BCUT2D eigenvalue weighted by Gasteiger charge is -2.19. The van der Waals surface area contributed by atoms with Crippen molar-refractivity contribution >= 4 is 17.2 Å². The molecular weight excluding hydrogens is 280 g/mol. The second kappa shape index (κ2) is 5.28. The second-order valence-corrected chi connectivity index (χ2v) is 6.83. The molecule has 21 heavy (non-hydrogen) atoms. The van der Waals surface area contributed by atoms with Gasteiger partial charge in [0.2, 0.25) is 5.91 Å². The van der Waals surface area contributed by atoms with Crippen molar-refractivity contribution in [3.05, 3.63) is 47.3 Å². The van der Waals surface area contributed by atoms with Crippen LogP contribution >= 0.6 is 11.3 Å². The zero-order valence-corrected chi connectivity index (χ0v) is 13.4. The van der Waals surface area contributed by atoms with Crippen LogP contribution in [0.15, 0.2) is 42.5 Å². The lowest BCUT2D eigenvalue weighted by atomic mass is 10.00. The minimum Gasteiger partial charge on any atom is -0.324 e. The monoisotopic (exact) mass is 300 g/mol. The largest absolute Gasteiger partial charge is 0.324 e. The first-order valence-electron chi connectivity index (χ1n) is 7.25. The van der Waals surface area contributed by atoms with E-state index in [2.05, 4.69) is 29.6 Å². The van der Waals surface area contributed by atoms with Gasteiger partial charge in [0.1, 0.15) is 6.17 Å². The van der Waals surface area contributed by atoms with Crippen LogP contribution in [-0.2, 0) is 4.79 Å². The van der Waals surface area contributed by atoms with E-state index in [1.807, 2.05) is 44.0 Å². The number of hydrogen-bond acceptors (Lipinski definition) is 3. The highest BCUT2D eigenvalue weighted by atomic mass is 32.1. The molecule has 0 radical (unpaired) electrons. The van der Waals surface area contributed by atoms with Crippen molar-refractivity contribution in [1.29, 1.82) is 0 Å². The molecule has 1 amide bonds. The van der Waals surface area contributed by atoms with Crippen molar-refractivity contribution in [2.45, 2.75) is 32.0 Å². The minimum absolute atomic E-state index is 0.0232. The van der Waals surface area contributed by atoms with Crippen LogP contribution < -0.4 is 5.32 Å². The summed E-state index contributed by atoms with van der Waals surface area (Å²) >= 11 is 1.74. The van der Waals surface area contributed by atoms with Gasteiger partial charge in [-0.05, 0) is 31.0 Å². The van der Waals surface area contributed by atoms with Crippen LogP contribution in [-0.4, -0.2) is 23.4 Å². The summed E-state index contributed by atoms with van der Waals surface area (Å²) < 4.78 is 0. The van der Waals surface area contributed by atoms with Gasteiger partial charge in [-0.15, -0.1) is 11.3 Å². The molecule has 1 aliphatic rings. The maximum atomic E-state index is 12.4. The Morgan fingerprint density at radius 3 is 2.57 bits per heavy atom. The SMILES string of the molecule is CCC1(C)NC(c2ccc(-c3ccccc3)s2)N(C)C1=O. The van der Waals surface area contributed by atoms with E-state index >= 15 is 0 Å². The molecule has 110 valence electrons. The highest BCUT2D eigenvalue weighted by molar-refractivity contribution is 7.15. The van der Waals surface area contributed by atoms with Crippen molar-refractivity contribution in [2.75, 3.05) is 7.05 Å². The number of likely N-dealkylation sites (N-methyl/N-ethyl adjacent to an activating group) is 1. The van der Waals surface area contributed by atoms with Crippen LogP contribution in [0.4, 0.5) is 0 Å². The van der Waals surface area contributed by atoms with Crippen molar-refractivity contribution in [1.82, 2.24) is 10.2 Å². The fourth-order valence-corrected chi connectivity index (χ4v) is 3.85. The molecule has 0 bridgehead atoms. The lowest BCUT2D eigenvalue weighted by Crippen LogP contribution is -2.42. The minimum atomic E-state index is -0.448. The molecule has 0 spiro atoms. The molecule has 0 saturated carbocycles. The molecular formula is C17H20N2OS. The molecule has 1 fully saturated rings. The summed E-state index contributed by atoms with van der Waals surface area (Å²) in [6, 6.07) is 14.6. The number of carbonyl (C=O) groups excluding carboxylic acids is 1. The van der Waals surface area contributed by atoms with Crippen molar-refractivity contribution in [3.8, 4) is 10.4 Å². The average molecular weight is 300 g/mol. The summed E-state index contributed by atoms with van der Waals surface area (Å²) in [5.74, 6) is 0.171. The highest BCUT2D eigenvalue weighted by Gasteiger charge is 2.45. The van der Waals surface area contributed by atoms with Crippen LogP contribution in [0.1, 0.15) is 31.3 Å². The normalized spacial score (nSPS) is 25.6. The van der Waals surface area contributed by atoms with Crippen LogP contribution in [0.25, 0.3) is 10.4 Å². The quantitative estimate of drug-likeness (QED) is 0.938. The zero-order valence-electron chi connectivity index (χ0n) is 12.6. The van der Waals surface area contributed by atoms with Gasteiger partial charge in [-0.1, -0.05) is 37.3 Å². The maximum Gasteiger partial charge on any atom is 0.243 e. The number of hydrogen-bond donors (Lipinski definition) is 1. The molecule has 2 unspecified atom stereocenters. The van der Waals surface area contributed by atoms with E-state index in [9.17, 15) is 4.79 Å². The summed E-state index contributed by atoms with van der Waals surface area (Å²) in [6.45, 7) is 4.03. The smallest absolute Gasteiger partial charge is 0.243 e. The summed E-state index contributed by atoms with van der Waals surface area (Å²) in [4.78, 5) is 16.6. The molecule has 1 aliphatic heterocycles. The number of benzene rings is 1. The predicted octanol–water partition coefficient (Wildman–Crippen LogP) is 3.64. The summed E-state index contributed by atoms with van der Waals surface area (Å²) in [5.41, 5.74) is 0.773. The fraction of sp³-hybridized carbons (Fsp3) is 0.353. The number of rotatable bonds is 3. The van der Waals surface area contributed by atoms with E-state index in [4.69, 9.17) is 0 Å². The third-order valence-corrected chi connectivity index (χ3v) is 5.48. The van der Waals surface area contributed by atoms with Gasteiger partial charge in [-0.2, -0.15) is 0 Å². The Morgan fingerprint density at radius 2 is 1.95 bits per heavy atom. The third-order valence-electron chi connectivity index (χ3n) is 4.30. The predicted molar refractivity (Wildman–Crippen MR) is 87.1 cm³/mol. The van der Waals surface area contributed by atoms with Crippen LogP contribution in [0.3, 0.4) is 0 Å². The number of carbonyl (C=O) groups is 1. The van der Waals surface area contributed by atoms with Crippen LogP contribution in [0, 0.1) is 0 Å². The van der Waals surface area contributed by atoms with E-state index in [1.54, 1.807) is 11.3 Å². The molecule has 1 aromatic carbocycles. The number of amides is 1. The van der Waals surface area contributed by atoms with Gasteiger partial charge in [-0.3, -0.25) is 10.1 Å². The maximum absolute atomic E-state index is 12.4. The molecule has 2 heterocycles. The standard InChI is InChI=1S/C17H20N2OS/c1-4-17(2)16(20)19(3)15(18-17)14-11-10-13(21-14)12-8-6-5-7-9-12/h5-11,15,18H,4H2,1-3H3. The van der Waals surface area contributed by atoms with Crippen LogP contribution in [0.5, 0.6) is 0 Å². The van der Waals surface area contributed by atoms with E-state index in [1.165, 1.54) is 15.3 Å². The fourth-order valence-electron chi connectivity index (χ4n) is 2.74. The Labute approximate surface area is 129 Å². The second-order valence-electron chi connectivity index (χ2n) is 5.72. The Kier molecular flexibility index (Phi) is 3.59. The van der Waals surface area contributed by atoms with Gasteiger partial charge in [-0.25, -0.2) is 0 Å². The Morgan fingerprint density at radius 1 is 1.24 bits per heavy atom. The topological polar surface area (TPSA) is 32.3 Å². The molecule has 1 N–H and O–H groups in total. The molecule has 3 rings (SSSR count). The summed E-state index contributed by atoms with van der Waals surface area (Å²) in [6.07, 6.45) is 0.772. The Bertz CT molecular complexity index is 652. The third kappa shape index (κ3) is 2.39. The van der Waals surface area contributed by atoms with E-state index in [0.717, 1.165) is 6.42 Å². The molecule has 1 saturated heterocycles. The molecule has 4 heteroatoms. The van der Waals surface area contributed by atoms with E-state index < -0.39 is 5.54 Å². The average Bonchev–Trinajstić information content (AvgIpc) is 3.08. The van der Waals surface area contributed by atoms with Gasteiger partial charge in [0.25, 0.3) is 0 Å². The Balaban J connectivity index is 1.89. The highest BCUT2D eigenvalue weighted by Crippen LogP contribution is 2.37. The van der Waals surface area contributed by atoms with Gasteiger partial charge >= 0.3 is 0 Å². The van der Waals surface area contributed by atoms with Crippen molar-refractivity contribution in [3.63, 3.8) is 0 Å². The van der Waals surface area contributed by atoms with E-state index in [-0.39, 0.29) is 12.1 Å². The van der Waals surface area contributed by atoms with Gasteiger partial charge in [0, 0.05) is 16.8 Å². The van der Waals surface area contributed by atoms with Crippen molar-refractivity contribution < 1.29 is 4.79 Å². The zero-order chi connectivity index (χ0) is 15.0. The lowest BCUT2D eigenvalue weighted by molar-refractivity contribution is -0.131. The van der Waals surface area contributed by atoms with Crippen LogP contribution in [0.2, 0.25) is 0 Å².